The molecule has 2 aromatic carbocycles. The molecule has 0 heterocycles. The van der Waals surface area contributed by atoms with Crippen molar-refractivity contribution in [1.82, 2.24) is 0 Å². The van der Waals surface area contributed by atoms with Gasteiger partial charge in [0.2, 0.25) is 0 Å². The van der Waals surface area contributed by atoms with Crippen molar-refractivity contribution in [2.45, 2.75) is 6.92 Å². The molecule has 0 saturated heterocycles. The monoisotopic (exact) mass is 449 g/mol. The van der Waals surface area contributed by atoms with Gasteiger partial charge in [0.05, 0.1) is 5.02 Å². The fourth-order valence-corrected chi connectivity index (χ4v) is 2.44. The molecule has 0 fully saturated rings. The number of halogens is 3. The first-order valence-electron chi connectivity index (χ1n) is 5.50. The second-order valence-electron chi connectivity index (χ2n) is 4.04. The van der Waals surface area contributed by atoms with Crippen LogP contribution in [0.5, 0.6) is 0 Å². The van der Waals surface area contributed by atoms with Gasteiger partial charge in [-0.15, -0.1) is 0 Å². The van der Waals surface area contributed by atoms with E-state index in [9.17, 15) is 4.79 Å². The number of hydrogen-bond acceptors (Lipinski definition) is 1. The van der Waals surface area contributed by atoms with Gasteiger partial charge in [0, 0.05) is 19.3 Å². The molecule has 0 aliphatic carbocycles. The smallest absolute Gasteiger partial charge is 0.255 e. The Labute approximate surface area is 138 Å². The Morgan fingerprint density at radius 3 is 2.68 bits per heavy atom. The average Bonchev–Trinajstić information content (AvgIpc) is 2.37. The highest BCUT2D eigenvalue weighted by atomic mass is 127. The summed E-state index contributed by atoms with van der Waals surface area (Å²) in [5.74, 6) is -0.167. The van der Waals surface area contributed by atoms with Gasteiger partial charge < -0.3 is 5.32 Å². The lowest BCUT2D eigenvalue weighted by Gasteiger charge is -2.09. The van der Waals surface area contributed by atoms with Crippen molar-refractivity contribution in [1.29, 1.82) is 0 Å². The van der Waals surface area contributed by atoms with E-state index in [1.807, 2.05) is 31.2 Å². The zero-order valence-electron chi connectivity index (χ0n) is 10.0. The average molecular weight is 451 g/mol. The Kier molecular flexibility index (Phi) is 4.86. The largest absolute Gasteiger partial charge is 0.322 e. The van der Waals surface area contributed by atoms with E-state index >= 15 is 0 Å². The van der Waals surface area contributed by atoms with Gasteiger partial charge in [-0.1, -0.05) is 33.6 Å². The van der Waals surface area contributed by atoms with Crippen molar-refractivity contribution < 1.29 is 4.79 Å². The lowest BCUT2D eigenvalue weighted by Crippen LogP contribution is -2.12. The predicted molar refractivity (Wildman–Crippen MR) is 91.0 cm³/mol. The zero-order chi connectivity index (χ0) is 14.0. The maximum absolute atomic E-state index is 12.2. The van der Waals surface area contributed by atoms with Crippen molar-refractivity contribution in [3.63, 3.8) is 0 Å². The van der Waals surface area contributed by atoms with E-state index in [0.717, 1.165) is 19.3 Å². The van der Waals surface area contributed by atoms with Crippen LogP contribution in [0.3, 0.4) is 0 Å². The number of aryl methyl sites for hydroxylation is 1. The number of amides is 1. The first-order valence-corrected chi connectivity index (χ1v) is 7.75. The van der Waals surface area contributed by atoms with Crippen LogP contribution in [0, 0.1) is 10.5 Å². The van der Waals surface area contributed by atoms with E-state index in [-0.39, 0.29) is 5.91 Å². The molecule has 0 aliphatic rings. The van der Waals surface area contributed by atoms with Gasteiger partial charge in [0.15, 0.2) is 0 Å². The molecule has 0 aliphatic heterocycles. The molecule has 2 rings (SSSR count). The van der Waals surface area contributed by atoms with E-state index in [2.05, 4.69) is 43.8 Å². The maximum atomic E-state index is 12.2. The van der Waals surface area contributed by atoms with Crippen LogP contribution >= 0.6 is 50.1 Å². The quantitative estimate of drug-likeness (QED) is 0.621. The third-order valence-electron chi connectivity index (χ3n) is 2.63. The zero-order valence-corrected chi connectivity index (χ0v) is 14.5. The lowest BCUT2D eigenvalue weighted by atomic mass is 10.1. The summed E-state index contributed by atoms with van der Waals surface area (Å²) >= 11 is 11.5. The van der Waals surface area contributed by atoms with Gasteiger partial charge in [-0.3, -0.25) is 4.79 Å². The molecule has 0 atom stereocenters. The van der Waals surface area contributed by atoms with E-state index in [4.69, 9.17) is 11.6 Å². The minimum atomic E-state index is -0.167. The Morgan fingerprint density at radius 2 is 2.00 bits per heavy atom. The summed E-state index contributed by atoms with van der Waals surface area (Å²) in [5, 5.41) is 3.47. The summed E-state index contributed by atoms with van der Waals surface area (Å²) in [6.45, 7) is 1.95. The highest BCUT2D eigenvalue weighted by Crippen LogP contribution is 2.23. The van der Waals surface area contributed by atoms with Gasteiger partial charge >= 0.3 is 0 Å². The normalized spacial score (nSPS) is 10.3. The molecule has 0 unspecified atom stereocenters. The summed E-state index contributed by atoms with van der Waals surface area (Å²) in [4.78, 5) is 12.2. The molecule has 0 spiro atoms. The van der Waals surface area contributed by atoms with Crippen LogP contribution in [-0.2, 0) is 0 Å². The van der Waals surface area contributed by atoms with Gasteiger partial charge in [0.25, 0.3) is 5.91 Å². The van der Waals surface area contributed by atoms with E-state index in [1.165, 1.54) is 0 Å². The van der Waals surface area contributed by atoms with Crippen LogP contribution in [0.2, 0.25) is 5.02 Å². The molecule has 1 N–H and O–H groups in total. The molecule has 0 radical (unpaired) electrons. The molecule has 0 aromatic heterocycles. The molecule has 2 aromatic rings. The van der Waals surface area contributed by atoms with Crippen LogP contribution in [-0.4, -0.2) is 5.91 Å². The second-order valence-corrected chi connectivity index (χ2v) is 6.53. The Hall–Kier alpha value is -0.590. The first-order chi connectivity index (χ1) is 8.97. The van der Waals surface area contributed by atoms with Crippen molar-refractivity contribution in [3.8, 4) is 0 Å². The SMILES string of the molecule is Cc1ccc(Br)cc1NC(=O)c1ccc(I)c(Cl)c1. The lowest BCUT2D eigenvalue weighted by molar-refractivity contribution is 0.102. The summed E-state index contributed by atoms with van der Waals surface area (Å²) in [7, 11) is 0. The van der Waals surface area contributed by atoms with Gasteiger partial charge in [-0.2, -0.15) is 0 Å². The van der Waals surface area contributed by atoms with Crippen molar-refractivity contribution in [2.24, 2.45) is 0 Å². The summed E-state index contributed by atoms with van der Waals surface area (Å²) in [6.07, 6.45) is 0. The van der Waals surface area contributed by atoms with Crippen molar-refractivity contribution in [2.75, 3.05) is 5.32 Å². The van der Waals surface area contributed by atoms with Gasteiger partial charge in [-0.05, 0) is 65.4 Å². The third-order valence-corrected chi connectivity index (χ3v) is 4.70. The highest BCUT2D eigenvalue weighted by molar-refractivity contribution is 14.1. The van der Waals surface area contributed by atoms with Crippen LogP contribution in [0.4, 0.5) is 5.69 Å². The van der Waals surface area contributed by atoms with Crippen LogP contribution < -0.4 is 5.32 Å². The number of anilines is 1. The maximum Gasteiger partial charge on any atom is 0.255 e. The van der Waals surface area contributed by atoms with Crippen LogP contribution in [0.15, 0.2) is 40.9 Å². The summed E-state index contributed by atoms with van der Waals surface area (Å²) in [6, 6.07) is 11.0. The van der Waals surface area contributed by atoms with Crippen LogP contribution in [0.1, 0.15) is 15.9 Å². The first kappa shape index (κ1) is 14.8. The van der Waals surface area contributed by atoms with Gasteiger partial charge in [0.1, 0.15) is 0 Å². The fourth-order valence-electron chi connectivity index (χ4n) is 1.56. The number of hydrogen-bond donors (Lipinski definition) is 1. The minimum absolute atomic E-state index is 0.167. The van der Waals surface area contributed by atoms with E-state index in [0.29, 0.717) is 10.6 Å². The highest BCUT2D eigenvalue weighted by Gasteiger charge is 2.09. The summed E-state index contributed by atoms with van der Waals surface area (Å²) in [5.41, 5.74) is 2.34. The van der Waals surface area contributed by atoms with Crippen molar-refractivity contribution in [3.05, 3.63) is 60.6 Å². The van der Waals surface area contributed by atoms with Crippen LogP contribution in [0.25, 0.3) is 0 Å². The van der Waals surface area contributed by atoms with Crippen molar-refractivity contribution >= 4 is 61.7 Å². The van der Waals surface area contributed by atoms with E-state index in [1.54, 1.807) is 12.1 Å². The Bertz CT molecular complexity index is 645. The second kappa shape index (κ2) is 6.24. The minimum Gasteiger partial charge on any atom is -0.322 e. The molecular formula is C14H10BrClINO. The molecule has 2 nitrogen and oxygen atoms in total. The Balaban J connectivity index is 2.25. The number of rotatable bonds is 2. The number of benzene rings is 2. The number of nitrogens with one attached hydrogen (secondary N) is 1. The molecule has 5 heteroatoms. The molecule has 0 saturated carbocycles. The molecule has 98 valence electrons. The predicted octanol–water partition coefficient (Wildman–Crippen LogP) is 5.27. The van der Waals surface area contributed by atoms with Gasteiger partial charge in [-0.25, -0.2) is 0 Å². The fraction of sp³-hybridized carbons (Fsp3) is 0.0714. The van der Waals surface area contributed by atoms with E-state index < -0.39 is 0 Å². The number of carbonyl (C=O) groups is 1. The molecule has 19 heavy (non-hydrogen) atoms. The molecule has 0 bridgehead atoms. The molecule has 1 amide bonds. The standard InChI is InChI=1S/C14H10BrClINO/c1-8-2-4-10(15)7-13(8)18-14(19)9-3-5-12(17)11(16)6-9/h2-7H,1H3,(H,18,19). The Morgan fingerprint density at radius 1 is 1.26 bits per heavy atom. The summed E-state index contributed by atoms with van der Waals surface area (Å²) < 4.78 is 1.85. The third kappa shape index (κ3) is 3.70. The molecular weight excluding hydrogens is 440 g/mol. The topological polar surface area (TPSA) is 29.1 Å². The number of carbonyl (C=O) groups excluding carboxylic acids is 1.